The van der Waals surface area contributed by atoms with Crippen molar-refractivity contribution >= 4 is 11.7 Å². The number of piperazine rings is 1. The zero-order chi connectivity index (χ0) is 16.4. The number of aromatic nitrogens is 4. The minimum atomic E-state index is -0.130. The maximum absolute atomic E-state index is 12.6. The molecule has 1 unspecified atom stereocenters. The summed E-state index contributed by atoms with van der Waals surface area (Å²) in [7, 11) is 0. The topological polar surface area (TPSA) is 88.4 Å². The number of amides is 2. The number of morpholine rings is 1. The highest BCUT2D eigenvalue weighted by Crippen LogP contribution is 2.18. The van der Waals surface area contributed by atoms with Gasteiger partial charge in [0.1, 0.15) is 12.7 Å². The summed E-state index contributed by atoms with van der Waals surface area (Å²) >= 11 is 0. The van der Waals surface area contributed by atoms with Gasteiger partial charge in [-0.25, -0.2) is 19.4 Å². The van der Waals surface area contributed by atoms with E-state index in [1.165, 1.54) is 11.0 Å². The highest BCUT2D eigenvalue weighted by atomic mass is 16.5. The first-order valence-corrected chi connectivity index (χ1v) is 7.99. The SMILES string of the molecule is O=C(Nc1cccnc1-n1cncn1)N1CCN2CCOCC2C1. The normalized spacial score (nSPS) is 21.3. The van der Waals surface area contributed by atoms with E-state index >= 15 is 0 Å². The Morgan fingerprint density at radius 1 is 1.33 bits per heavy atom. The van der Waals surface area contributed by atoms with Crippen LogP contribution in [0.2, 0.25) is 0 Å². The van der Waals surface area contributed by atoms with E-state index in [1.807, 2.05) is 11.0 Å². The van der Waals surface area contributed by atoms with Gasteiger partial charge in [0.15, 0.2) is 5.82 Å². The Balaban J connectivity index is 1.47. The van der Waals surface area contributed by atoms with Crippen LogP contribution in [-0.4, -0.2) is 81.0 Å². The van der Waals surface area contributed by atoms with Crippen molar-refractivity contribution in [2.75, 3.05) is 44.7 Å². The van der Waals surface area contributed by atoms with Gasteiger partial charge in [0.2, 0.25) is 0 Å². The first-order chi connectivity index (χ1) is 11.8. The smallest absolute Gasteiger partial charge is 0.322 e. The predicted molar refractivity (Wildman–Crippen MR) is 85.9 cm³/mol. The number of carbonyl (C=O) groups excluding carboxylic acids is 1. The van der Waals surface area contributed by atoms with Crippen molar-refractivity contribution in [1.29, 1.82) is 0 Å². The van der Waals surface area contributed by atoms with Crippen molar-refractivity contribution < 1.29 is 9.53 Å². The molecule has 9 heteroatoms. The van der Waals surface area contributed by atoms with E-state index < -0.39 is 0 Å². The summed E-state index contributed by atoms with van der Waals surface area (Å²) in [5.74, 6) is 0.544. The third-order valence-corrected chi connectivity index (χ3v) is 4.39. The number of nitrogens with zero attached hydrogens (tertiary/aromatic N) is 6. The van der Waals surface area contributed by atoms with Crippen molar-refractivity contribution in [3.63, 3.8) is 0 Å². The third-order valence-electron chi connectivity index (χ3n) is 4.39. The first-order valence-electron chi connectivity index (χ1n) is 7.99. The summed E-state index contributed by atoms with van der Waals surface area (Å²) in [5.41, 5.74) is 0.607. The lowest BCUT2D eigenvalue weighted by Crippen LogP contribution is -2.59. The number of carbonyl (C=O) groups is 1. The molecule has 24 heavy (non-hydrogen) atoms. The van der Waals surface area contributed by atoms with Crippen LogP contribution in [0.3, 0.4) is 0 Å². The van der Waals surface area contributed by atoms with E-state index in [0.717, 1.165) is 19.7 Å². The lowest BCUT2D eigenvalue weighted by Gasteiger charge is -2.43. The standard InChI is InChI=1S/C15H19N7O2/c23-15(21-5-4-20-6-7-24-9-12(20)8-21)19-13-2-1-3-17-14(13)22-11-16-10-18-22/h1-3,10-12H,4-9H2,(H,19,23). The molecule has 0 aromatic carbocycles. The van der Waals surface area contributed by atoms with Crippen LogP contribution in [0, 0.1) is 0 Å². The van der Waals surface area contributed by atoms with Crippen LogP contribution in [0.1, 0.15) is 0 Å². The lowest BCUT2D eigenvalue weighted by atomic mass is 10.1. The van der Waals surface area contributed by atoms with Gasteiger partial charge in [0, 0.05) is 32.4 Å². The van der Waals surface area contributed by atoms with Crippen molar-refractivity contribution in [3.8, 4) is 5.82 Å². The molecule has 2 amide bonds. The average Bonchev–Trinajstić information content (AvgIpc) is 3.16. The molecule has 0 bridgehead atoms. The monoisotopic (exact) mass is 329 g/mol. The van der Waals surface area contributed by atoms with E-state index in [1.54, 1.807) is 18.6 Å². The second kappa shape index (κ2) is 6.54. The molecule has 2 aliphatic heterocycles. The number of nitrogens with one attached hydrogen (secondary N) is 1. The van der Waals surface area contributed by atoms with Crippen molar-refractivity contribution in [3.05, 3.63) is 31.0 Å². The highest BCUT2D eigenvalue weighted by Gasteiger charge is 2.31. The van der Waals surface area contributed by atoms with Gasteiger partial charge in [-0.1, -0.05) is 0 Å². The molecule has 0 aliphatic carbocycles. The Hall–Kier alpha value is -2.52. The van der Waals surface area contributed by atoms with Gasteiger partial charge in [0.05, 0.1) is 24.9 Å². The van der Waals surface area contributed by atoms with Crippen LogP contribution in [0.5, 0.6) is 0 Å². The highest BCUT2D eigenvalue weighted by molar-refractivity contribution is 5.91. The summed E-state index contributed by atoms with van der Waals surface area (Å²) in [6.07, 6.45) is 4.64. The van der Waals surface area contributed by atoms with E-state index in [-0.39, 0.29) is 12.1 Å². The van der Waals surface area contributed by atoms with E-state index in [0.29, 0.717) is 31.2 Å². The maximum Gasteiger partial charge on any atom is 0.322 e. The van der Waals surface area contributed by atoms with E-state index in [2.05, 4.69) is 25.3 Å². The molecule has 4 heterocycles. The van der Waals surface area contributed by atoms with Crippen molar-refractivity contribution in [2.24, 2.45) is 0 Å². The number of hydrogen-bond donors (Lipinski definition) is 1. The molecule has 2 fully saturated rings. The lowest BCUT2D eigenvalue weighted by molar-refractivity contribution is -0.0355. The van der Waals surface area contributed by atoms with Crippen LogP contribution in [0.25, 0.3) is 5.82 Å². The molecule has 126 valence electrons. The van der Waals surface area contributed by atoms with Crippen molar-refractivity contribution in [1.82, 2.24) is 29.5 Å². The van der Waals surface area contributed by atoms with Gasteiger partial charge in [-0.15, -0.1) is 0 Å². The number of fused-ring (bicyclic) bond motifs is 1. The molecular formula is C15H19N7O2. The molecule has 9 nitrogen and oxygen atoms in total. The summed E-state index contributed by atoms with van der Waals surface area (Å²) in [5, 5.41) is 7.02. The van der Waals surface area contributed by atoms with Crippen molar-refractivity contribution in [2.45, 2.75) is 6.04 Å². The van der Waals surface area contributed by atoms with Gasteiger partial charge in [-0.05, 0) is 12.1 Å². The number of rotatable bonds is 2. The molecule has 0 spiro atoms. The summed E-state index contributed by atoms with van der Waals surface area (Å²) in [4.78, 5) is 25.1. The molecular weight excluding hydrogens is 310 g/mol. The molecule has 1 atom stereocenters. The third kappa shape index (κ3) is 2.95. The Morgan fingerprint density at radius 2 is 2.29 bits per heavy atom. The van der Waals surface area contributed by atoms with Crippen LogP contribution < -0.4 is 5.32 Å². The minimum Gasteiger partial charge on any atom is -0.378 e. The molecule has 4 rings (SSSR count). The maximum atomic E-state index is 12.6. The molecule has 0 saturated carbocycles. The van der Waals surface area contributed by atoms with Gasteiger partial charge in [0.25, 0.3) is 0 Å². The molecule has 1 N–H and O–H groups in total. The summed E-state index contributed by atoms with van der Waals surface area (Å²) < 4.78 is 7.06. The molecule has 0 radical (unpaired) electrons. The zero-order valence-electron chi connectivity index (χ0n) is 13.2. The number of ether oxygens (including phenoxy) is 1. The Labute approximate surface area is 139 Å². The minimum absolute atomic E-state index is 0.130. The molecule has 2 aromatic heterocycles. The second-order valence-electron chi connectivity index (χ2n) is 5.86. The van der Waals surface area contributed by atoms with Crippen LogP contribution >= 0.6 is 0 Å². The van der Waals surface area contributed by atoms with Gasteiger partial charge in [-0.3, -0.25) is 4.90 Å². The largest absolute Gasteiger partial charge is 0.378 e. The second-order valence-corrected chi connectivity index (χ2v) is 5.86. The number of hydrogen-bond acceptors (Lipinski definition) is 6. The molecule has 2 aromatic rings. The quantitative estimate of drug-likeness (QED) is 0.847. The predicted octanol–water partition coefficient (Wildman–Crippen LogP) is 0.211. The van der Waals surface area contributed by atoms with Gasteiger partial charge in [-0.2, -0.15) is 5.10 Å². The Kier molecular flexibility index (Phi) is 4.09. The fourth-order valence-electron chi connectivity index (χ4n) is 3.12. The Bertz CT molecular complexity index is 706. The summed E-state index contributed by atoms with van der Waals surface area (Å²) in [6.45, 7) is 4.66. The molecule has 2 saturated heterocycles. The number of urea groups is 1. The van der Waals surface area contributed by atoms with Gasteiger partial charge < -0.3 is 15.0 Å². The van der Waals surface area contributed by atoms with Crippen LogP contribution in [0.4, 0.5) is 10.5 Å². The van der Waals surface area contributed by atoms with Gasteiger partial charge >= 0.3 is 6.03 Å². The first kappa shape index (κ1) is 15.0. The van der Waals surface area contributed by atoms with E-state index in [4.69, 9.17) is 4.74 Å². The Morgan fingerprint density at radius 3 is 3.17 bits per heavy atom. The fourth-order valence-corrected chi connectivity index (χ4v) is 3.12. The fraction of sp³-hybridized carbons (Fsp3) is 0.467. The molecule has 2 aliphatic rings. The van der Waals surface area contributed by atoms with E-state index in [9.17, 15) is 4.79 Å². The number of pyridine rings is 1. The summed E-state index contributed by atoms with van der Waals surface area (Å²) in [6, 6.07) is 3.74. The zero-order valence-corrected chi connectivity index (χ0v) is 13.2. The van der Waals surface area contributed by atoms with Crippen LogP contribution in [-0.2, 0) is 4.74 Å². The van der Waals surface area contributed by atoms with Crippen LogP contribution in [0.15, 0.2) is 31.0 Å². The number of anilines is 1. The average molecular weight is 329 g/mol.